The normalized spacial score (nSPS) is 19.1. The Morgan fingerprint density at radius 2 is 1.28 bits per heavy atom. The predicted molar refractivity (Wildman–Crippen MR) is 255 cm³/mol. The van der Waals surface area contributed by atoms with Crippen LogP contribution in [0.4, 0.5) is 0 Å². The lowest BCUT2D eigenvalue weighted by atomic mass is 9.91. The molecule has 19 nitrogen and oxygen atoms in total. The fraction of sp³-hybridized carbons (Fsp3) is 0.812. The van der Waals surface area contributed by atoms with Crippen LogP contribution in [-0.2, 0) is 43.2 Å². The lowest BCUT2D eigenvalue weighted by molar-refractivity contribution is -0.156. The molecule has 3 N–H and O–H groups in total. The maximum atomic E-state index is 14.9. The van der Waals surface area contributed by atoms with Gasteiger partial charge in [0, 0.05) is 62.4 Å². The van der Waals surface area contributed by atoms with Crippen LogP contribution < -0.4 is 16.0 Å². The minimum atomic E-state index is -1.27. The van der Waals surface area contributed by atoms with Crippen LogP contribution in [0, 0.1) is 17.8 Å². The van der Waals surface area contributed by atoms with E-state index in [4.69, 9.17) is 0 Å². The summed E-state index contributed by atoms with van der Waals surface area (Å²) < 4.78 is 0. The van der Waals surface area contributed by atoms with Gasteiger partial charge >= 0.3 is 0 Å². The number of likely N-dealkylation sites (N-methyl/N-ethyl adjacent to an activating group) is 6. The van der Waals surface area contributed by atoms with Crippen molar-refractivity contribution >= 4 is 53.2 Å². The van der Waals surface area contributed by atoms with Gasteiger partial charge in [-0.05, 0) is 75.7 Å². The molecule has 0 unspecified atom stereocenters. The van der Waals surface area contributed by atoms with Crippen molar-refractivity contribution in [1.29, 1.82) is 0 Å². The molecule has 3 fully saturated rings. The summed E-state index contributed by atoms with van der Waals surface area (Å²) in [6, 6.07) is -4.82. The Morgan fingerprint density at radius 1 is 0.687 bits per heavy atom. The monoisotopic (exact) mass is 945 g/mol. The number of nitrogens with one attached hydrogen (secondary N) is 3. The number of likely N-dealkylation sites (tertiary alicyclic amines) is 1. The predicted octanol–water partition coefficient (Wildman–Crippen LogP) is 1.29. The van der Waals surface area contributed by atoms with E-state index in [0.717, 1.165) is 45.1 Å². The van der Waals surface area contributed by atoms with Crippen LogP contribution in [0.5, 0.6) is 0 Å². The third kappa shape index (κ3) is 14.8. The van der Waals surface area contributed by atoms with Crippen LogP contribution >= 0.6 is 0 Å². The molecule has 6 atom stereocenters. The second kappa shape index (κ2) is 25.5. The summed E-state index contributed by atoms with van der Waals surface area (Å²) >= 11 is 0. The molecule has 380 valence electrons. The maximum Gasteiger partial charge on any atom is 0.248 e. The smallest absolute Gasteiger partial charge is 0.248 e. The van der Waals surface area contributed by atoms with Crippen molar-refractivity contribution in [3.05, 3.63) is 0 Å². The van der Waals surface area contributed by atoms with Crippen molar-refractivity contribution in [2.45, 2.75) is 154 Å². The van der Waals surface area contributed by atoms with E-state index in [1.165, 1.54) is 57.6 Å². The molecule has 1 saturated carbocycles. The molecule has 0 aromatic rings. The summed E-state index contributed by atoms with van der Waals surface area (Å²) in [6.45, 7) is 12.3. The van der Waals surface area contributed by atoms with Gasteiger partial charge in [-0.2, -0.15) is 0 Å². The first-order valence-electron chi connectivity index (χ1n) is 24.5. The van der Waals surface area contributed by atoms with Crippen LogP contribution in [0.25, 0.3) is 0 Å². The summed E-state index contributed by atoms with van der Waals surface area (Å²) in [7, 11) is 10.6. The molecule has 1 aliphatic carbocycles. The van der Waals surface area contributed by atoms with E-state index >= 15 is 0 Å². The molecular formula is C48H84N10O9. The number of hydrogen-bond donors (Lipinski definition) is 3. The Bertz CT molecular complexity index is 1760. The molecule has 9 amide bonds. The molecule has 3 aliphatic rings. The quantitative estimate of drug-likeness (QED) is 0.142. The highest BCUT2D eigenvalue weighted by molar-refractivity contribution is 5.99. The Morgan fingerprint density at radius 3 is 1.81 bits per heavy atom. The Balaban J connectivity index is 1.91. The van der Waals surface area contributed by atoms with Crippen molar-refractivity contribution in [3.8, 4) is 0 Å². The van der Waals surface area contributed by atoms with Gasteiger partial charge in [0.1, 0.15) is 29.7 Å². The fourth-order valence-corrected chi connectivity index (χ4v) is 9.42. The number of carbonyl (C=O) groups is 9. The SMILES string of the molecule is CC[C@H](C)[C@H](NC(=O)[C@H](CC(C)C)N(C)C(=O)C[C@@H](C(=O)N1CCCCC1)N(C)C(=O)[C@H](C(C)C)N(C)C(=O)C1(NC(=O)[C@@H]2CCCN2)CCCC1)C(=O)N(C)CC(=O)N(C)CC(=O)N(C)C. The molecule has 0 aromatic heterocycles. The molecule has 2 aliphatic heterocycles. The van der Waals surface area contributed by atoms with Gasteiger partial charge in [0.15, 0.2) is 0 Å². The zero-order valence-corrected chi connectivity index (χ0v) is 42.9. The molecule has 2 saturated heterocycles. The number of piperidine rings is 1. The molecule has 67 heavy (non-hydrogen) atoms. The van der Waals surface area contributed by atoms with Gasteiger partial charge in [0.25, 0.3) is 0 Å². The van der Waals surface area contributed by atoms with Gasteiger partial charge in [-0.3, -0.25) is 43.2 Å². The minimum Gasteiger partial charge on any atom is -0.347 e. The first-order chi connectivity index (χ1) is 31.4. The zero-order chi connectivity index (χ0) is 50.5. The van der Waals surface area contributed by atoms with Crippen molar-refractivity contribution in [2.75, 3.05) is 82.1 Å². The van der Waals surface area contributed by atoms with E-state index in [1.807, 2.05) is 41.5 Å². The highest BCUT2D eigenvalue weighted by atomic mass is 16.2. The van der Waals surface area contributed by atoms with Crippen molar-refractivity contribution in [3.63, 3.8) is 0 Å². The average Bonchev–Trinajstić information content (AvgIpc) is 4.01. The molecule has 0 spiro atoms. The van der Waals surface area contributed by atoms with Gasteiger partial charge < -0.3 is 50.2 Å². The highest BCUT2D eigenvalue weighted by Crippen LogP contribution is 2.33. The number of hydrogen-bond acceptors (Lipinski definition) is 10. The van der Waals surface area contributed by atoms with Gasteiger partial charge in [-0.1, -0.05) is 60.8 Å². The van der Waals surface area contributed by atoms with Crippen LogP contribution in [0.2, 0.25) is 0 Å². The van der Waals surface area contributed by atoms with Gasteiger partial charge in [-0.25, -0.2) is 0 Å². The number of amides is 9. The first-order valence-corrected chi connectivity index (χ1v) is 24.5. The van der Waals surface area contributed by atoms with Crippen LogP contribution in [0.1, 0.15) is 119 Å². The van der Waals surface area contributed by atoms with Gasteiger partial charge in [-0.15, -0.1) is 0 Å². The second-order valence-corrected chi connectivity index (χ2v) is 20.3. The largest absolute Gasteiger partial charge is 0.347 e. The van der Waals surface area contributed by atoms with Crippen molar-refractivity contribution < 1.29 is 43.2 Å². The Kier molecular flexibility index (Phi) is 21.5. The van der Waals surface area contributed by atoms with E-state index in [-0.39, 0.29) is 55.1 Å². The summed E-state index contributed by atoms with van der Waals surface area (Å²) in [5.41, 5.74) is -1.18. The van der Waals surface area contributed by atoms with Crippen molar-refractivity contribution in [1.82, 2.24) is 50.2 Å². The summed E-state index contributed by atoms with van der Waals surface area (Å²) in [5, 5.41) is 9.17. The van der Waals surface area contributed by atoms with E-state index in [2.05, 4.69) is 16.0 Å². The standard InChI is InChI=1S/C48H84N10O9/c1-14-33(6)40(45(65)54(10)30-39(61)53(9)29-38(60)52(7)8)50-43(63)35(27-31(2)3)55(11)37(59)28-36(44(64)58-25-18-15-19-26-58)56(12)46(66)41(32(4)5)57(13)47(67)48(22-16-17-23-48)51-42(62)34-21-20-24-49-34/h31-36,40-41,49H,14-30H2,1-13H3,(H,50,63)(H,51,62)/t33-,34-,35-,36-,40-,41-/m0/s1. The van der Waals surface area contributed by atoms with Crippen molar-refractivity contribution in [2.24, 2.45) is 17.8 Å². The van der Waals surface area contributed by atoms with E-state index < -0.39 is 77.5 Å². The molecule has 19 heteroatoms. The van der Waals surface area contributed by atoms with Crippen LogP contribution in [-0.4, -0.2) is 205 Å². The Labute approximate surface area is 399 Å². The maximum absolute atomic E-state index is 14.9. The topological polar surface area (TPSA) is 212 Å². The Hall–Kier alpha value is -4.81. The number of rotatable bonds is 22. The lowest BCUT2D eigenvalue weighted by Crippen LogP contribution is -2.64. The summed E-state index contributed by atoms with van der Waals surface area (Å²) in [5.74, 6) is -4.80. The molecule has 3 rings (SSSR count). The van der Waals surface area contributed by atoms with E-state index in [1.54, 1.807) is 26.0 Å². The molecular weight excluding hydrogens is 861 g/mol. The van der Waals surface area contributed by atoms with Gasteiger partial charge in [0.05, 0.1) is 25.6 Å². The summed E-state index contributed by atoms with van der Waals surface area (Å²) in [4.78, 5) is 135. The third-order valence-electron chi connectivity index (χ3n) is 14.0. The molecule has 0 bridgehead atoms. The van der Waals surface area contributed by atoms with E-state index in [0.29, 0.717) is 38.8 Å². The fourth-order valence-electron chi connectivity index (χ4n) is 9.42. The van der Waals surface area contributed by atoms with Crippen LogP contribution in [0.3, 0.4) is 0 Å². The zero-order valence-electron chi connectivity index (χ0n) is 42.9. The number of nitrogens with zero attached hydrogens (tertiary/aromatic N) is 7. The molecule has 0 radical (unpaired) electrons. The lowest BCUT2D eigenvalue weighted by Gasteiger charge is -2.41. The number of carbonyl (C=O) groups excluding carboxylic acids is 9. The van der Waals surface area contributed by atoms with E-state index in [9.17, 15) is 43.2 Å². The minimum absolute atomic E-state index is 0.0817. The highest BCUT2D eigenvalue weighted by Gasteiger charge is 2.49. The average molecular weight is 945 g/mol. The van der Waals surface area contributed by atoms with Crippen LogP contribution in [0.15, 0.2) is 0 Å². The second-order valence-electron chi connectivity index (χ2n) is 20.3. The third-order valence-corrected chi connectivity index (χ3v) is 14.0. The first kappa shape index (κ1) is 56.5. The summed E-state index contributed by atoms with van der Waals surface area (Å²) in [6.07, 6.45) is 6.63. The molecule has 0 aromatic carbocycles. The molecule has 2 heterocycles. The van der Waals surface area contributed by atoms with Gasteiger partial charge in [0.2, 0.25) is 53.2 Å².